The first-order valence-corrected chi connectivity index (χ1v) is 6.12. The van der Waals surface area contributed by atoms with Gasteiger partial charge < -0.3 is 9.47 Å². The molecule has 0 amide bonds. The predicted molar refractivity (Wildman–Crippen MR) is 53.9 cm³/mol. The molecule has 2 saturated carbocycles. The highest BCUT2D eigenvalue weighted by atomic mass is 16.7. The molecule has 4 atom stereocenters. The average molecular weight is 196 g/mol. The Hall–Kier alpha value is -0.0800. The molecule has 1 saturated heterocycles. The Balaban J connectivity index is 1.76. The van der Waals surface area contributed by atoms with Crippen LogP contribution in [0.25, 0.3) is 0 Å². The molecule has 80 valence electrons. The van der Waals surface area contributed by atoms with E-state index in [9.17, 15) is 0 Å². The molecular formula is C12H20O2. The molecule has 3 aliphatic rings. The van der Waals surface area contributed by atoms with Gasteiger partial charge in [0.05, 0.1) is 12.2 Å². The van der Waals surface area contributed by atoms with E-state index in [1.807, 2.05) is 0 Å². The molecule has 2 nitrogen and oxygen atoms in total. The molecule has 4 unspecified atom stereocenters. The van der Waals surface area contributed by atoms with Crippen LogP contribution < -0.4 is 0 Å². The molecule has 3 rings (SSSR count). The fraction of sp³-hybridized carbons (Fsp3) is 1.00. The van der Waals surface area contributed by atoms with Gasteiger partial charge in [0.15, 0.2) is 6.29 Å². The maximum atomic E-state index is 6.20. The van der Waals surface area contributed by atoms with Crippen molar-refractivity contribution >= 4 is 0 Å². The van der Waals surface area contributed by atoms with E-state index in [2.05, 4.69) is 6.92 Å². The number of fused-ring (bicyclic) bond motifs is 3. The quantitative estimate of drug-likeness (QED) is 0.642. The molecule has 0 aromatic heterocycles. The lowest BCUT2D eigenvalue weighted by Gasteiger charge is -2.44. The van der Waals surface area contributed by atoms with Gasteiger partial charge in [-0.2, -0.15) is 0 Å². The summed E-state index contributed by atoms with van der Waals surface area (Å²) in [5.41, 5.74) is 0.238. The monoisotopic (exact) mass is 196 g/mol. The first kappa shape index (κ1) is 9.17. The highest BCUT2D eigenvalue weighted by Gasteiger charge is 2.53. The van der Waals surface area contributed by atoms with Crippen molar-refractivity contribution in [3.05, 3.63) is 0 Å². The molecule has 1 aliphatic heterocycles. The Labute approximate surface area is 86.0 Å². The summed E-state index contributed by atoms with van der Waals surface area (Å²) in [5, 5.41) is 0. The second-order valence-corrected chi connectivity index (χ2v) is 5.22. The van der Waals surface area contributed by atoms with Crippen molar-refractivity contribution in [2.45, 2.75) is 57.3 Å². The van der Waals surface area contributed by atoms with Gasteiger partial charge in [-0.3, -0.25) is 0 Å². The van der Waals surface area contributed by atoms with Gasteiger partial charge in [-0.05, 0) is 43.9 Å². The molecule has 0 radical (unpaired) electrons. The van der Waals surface area contributed by atoms with E-state index in [1.165, 1.54) is 25.7 Å². The third-order valence-corrected chi connectivity index (χ3v) is 4.45. The molecular weight excluding hydrogens is 176 g/mol. The van der Waals surface area contributed by atoms with Crippen LogP contribution in [0.5, 0.6) is 0 Å². The molecule has 0 aromatic rings. The number of hydrogen-bond acceptors (Lipinski definition) is 2. The molecule has 2 bridgehead atoms. The number of ether oxygens (including phenoxy) is 2. The van der Waals surface area contributed by atoms with E-state index >= 15 is 0 Å². The number of rotatable bonds is 1. The zero-order chi connectivity index (χ0) is 9.60. The fourth-order valence-corrected chi connectivity index (χ4v) is 3.76. The van der Waals surface area contributed by atoms with E-state index in [4.69, 9.17) is 9.47 Å². The third kappa shape index (κ3) is 1.24. The van der Waals surface area contributed by atoms with Crippen LogP contribution in [-0.4, -0.2) is 18.5 Å². The fourth-order valence-electron chi connectivity index (χ4n) is 3.76. The lowest BCUT2D eigenvalue weighted by atomic mass is 9.81. The molecule has 1 heterocycles. The Kier molecular flexibility index (Phi) is 2.10. The largest absolute Gasteiger partial charge is 0.353 e. The summed E-state index contributed by atoms with van der Waals surface area (Å²) in [4.78, 5) is 0. The minimum absolute atomic E-state index is 0.0862. The Morgan fingerprint density at radius 1 is 1.36 bits per heavy atom. The van der Waals surface area contributed by atoms with Crippen molar-refractivity contribution in [2.24, 2.45) is 11.8 Å². The standard InChI is InChI=1S/C12H20O2/c1-2-11-13-6-5-12(14-11)8-9-3-4-10(12)7-9/h9-11H,2-8H2,1H3. The van der Waals surface area contributed by atoms with Crippen LogP contribution in [-0.2, 0) is 9.47 Å². The molecule has 0 aromatic carbocycles. The van der Waals surface area contributed by atoms with Crippen molar-refractivity contribution in [2.75, 3.05) is 6.61 Å². The van der Waals surface area contributed by atoms with Crippen LogP contribution in [0.15, 0.2) is 0 Å². The maximum Gasteiger partial charge on any atom is 0.158 e. The van der Waals surface area contributed by atoms with Crippen molar-refractivity contribution in [3.63, 3.8) is 0 Å². The van der Waals surface area contributed by atoms with Crippen LogP contribution in [0, 0.1) is 11.8 Å². The van der Waals surface area contributed by atoms with Crippen LogP contribution >= 0.6 is 0 Å². The van der Waals surface area contributed by atoms with Gasteiger partial charge in [0, 0.05) is 6.42 Å². The van der Waals surface area contributed by atoms with Gasteiger partial charge >= 0.3 is 0 Å². The van der Waals surface area contributed by atoms with Gasteiger partial charge in [-0.15, -0.1) is 0 Å². The Morgan fingerprint density at radius 3 is 2.93 bits per heavy atom. The van der Waals surface area contributed by atoms with Crippen LogP contribution in [0.3, 0.4) is 0 Å². The first-order valence-electron chi connectivity index (χ1n) is 6.12. The maximum absolute atomic E-state index is 6.20. The minimum Gasteiger partial charge on any atom is -0.353 e. The topological polar surface area (TPSA) is 18.5 Å². The summed E-state index contributed by atoms with van der Waals surface area (Å²) < 4.78 is 11.8. The normalized spacial score (nSPS) is 51.6. The van der Waals surface area contributed by atoms with E-state index in [-0.39, 0.29) is 11.9 Å². The highest BCUT2D eigenvalue weighted by molar-refractivity contribution is 5.03. The molecule has 0 N–H and O–H groups in total. The van der Waals surface area contributed by atoms with Gasteiger partial charge in [0.2, 0.25) is 0 Å². The average Bonchev–Trinajstić information content (AvgIpc) is 2.78. The van der Waals surface area contributed by atoms with Crippen LogP contribution in [0.1, 0.15) is 45.4 Å². The number of hydrogen-bond donors (Lipinski definition) is 0. The van der Waals surface area contributed by atoms with Gasteiger partial charge in [-0.25, -0.2) is 0 Å². The predicted octanol–water partition coefficient (Wildman–Crippen LogP) is 2.72. The molecule has 2 heteroatoms. The second-order valence-electron chi connectivity index (χ2n) is 5.22. The zero-order valence-electron chi connectivity index (χ0n) is 9.00. The van der Waals surface area contributed by atoms with Crippen LogP contribution in [0.2, 0.25) is 0 Å². The summed E-state index contributed by atoms with van der Waals surface area (Å²) in [6.45, 7) is 3.07. The van der Waals surface area contributed by atoms with Gasteiger partial charge in [0.25, 0.3) is 0 Å². The smallest absolute Gasteiger partial charge is 0.158 e. The van der Waals surface area contributed by atoms with Crippen LogP contribution in [0.4, 0.5) is 0 Å². The summed E-state index contributed by atoms with van der Waals surface area (Å²) in [6, 6.07) is 0. The SMILES string of the molecule is CCC1OCCC2(CC3CCC2C3)O1. The van der Waals surface area contributed by atoms with E-state index in [0.717, 1.165) is 31.3 Å². The van der Waals surface area contributed by atoms with Crippen molar-refractivity contribution in [1.82, 2.24) is 0 Å². The zero-order valence-corrected chi connectivity index (χ0v) is 9.00. The lowest BCUT2D eigenvalue weighted by Crippen LogP contribution is -2.47. The first-order chi connectivity index (χ1) is 6.82. The summed E-state index contributed by atoms with van der Waals surface area (Å²) in [6.07, 6.45) is 7.83. The lowest BCUT2D eigenvalue weighted by molar-refractivity contribution is -0.270. The molecule has 14 heavy (non-hydrogen) atoms. The van der Waals surface area contributed by atoms with E-state index < -0.39 is 0 Å². The van der Waals surface area contributed by atoms with Gasteiger partial charge in [-0.1, -0.05) is 6.92 Å². The van der Waals surface area contributed by atoms with E-state index in [1.54, 1.807) is 0 Å². The summed E-state index contributed by atoms with van der Waals surface area (Å²) in [7, 11) is 0. The second kappa shape index (κ2) is 3.21. The van der Waals surface area contributed by atoms with Crippen molar-refractivity contribution < 1.29 is 9.47 Å². The van der Waals surface area contributed by atoms with Crippen molar-refractivity contribution in [1.29, 1.82) is 0 Å². The Morgan fingerprint density at radius 2 is 2.29 bits per heavy atom. The van der Waals surface area contributed by atoms with Crippen molar-refractivity contribution in [3.8, 4) is 0 Å². The Bertz CT molecular complexity index is 228. The summed E-state index contributed by atoms with van der Waals surface area (Å²) in [5.74, 6) is 1.82. The molecule has 1 spiro atoms. The van der Waals surface area contributed by atoms with Gasteiger partial charge in [0.1, 0.15) is 0 Å². The summed E-state index contributed by atoms with van der Waals surface area (Å²) >= 11 is 0. The molecule has 3 fully saturated rings. The van der Waals surface area contributed by atoms with E-state index in [0.29, 0.717) is 0 Å². The molecule has 2 aliphatic carbocycles. The third-order valence-electron chi connectivity index (χ3n) is 4.45. The highest BCUT2D eigenvalue weighted by Crippen LogP contribution is 2.55. The minimum atomic E-state index is 0.0862.